The Bertz CT molecular complexity index is 274. The van der Waals surface area contributed by atoms with Gasteiger partial charge >= 0.3 is 0 Å². The first-order valence-electron chi connectivity index (χ1n) is 6.83. The van der Waals surface area contributed by atoms with Crippen molar-refractivity contribution in [1.29, 1.82) is 0 Å². The number of rotatable bonds is 4. The molecule has 0 aromatic carbocycles. The van der Waals surface area contributed by atoms with Gasteiger partial charge in [-0.3, -0.25) is 9.69 Å². The molecule has 0 saturated carbocycles. The van der Waals surface area contributed by atoms with Crippen LogP contribution < -0.4 is 0 Å². The van der Waals surface area contributed by atoms with Crippen LogP contribution in [0.5, 0.6) is 0 Å². The largest absolute Gasteiger partial charge is 0.381 e. The summed E-state index contributed by atoms with van der Waals surface area (Å²) in [7, 11) is 0. The number of hydrogen-bond acceptors (Lipinski definition) is 4. The van der Waals surface area contributed by atoms with Crippen LogP contribution in [0.2, 0.25) is 0 Å². The minimum Gasteiger partial charge on any atom is -0.381 e. The van der Waals surface area contributed by atoms with Crippen LogP contribution in [0.25, 0.3) is 0 Å². The second-order valence-electron chi connectivity index (χ2n) is 5.19. The highest BCUT2D eigenvalue weighted by atomic mass is 32.2. The van der Waals surface area contributed by atoms with E-state index in [0.29, 0.717) is 23.6 Å². The molecule has 0 bridgehead atoms. The lowest BCUT2D eigenvalue weighted by molar-refractivity contribution is -0.134. The van der Waals surface area contributed by atoms with E-state index in [9.17, 15) is 4.79 Å². The number of piperazine rings is 1. The third-order valence-corrected chi connectivity index (χ3v) is 4.99. The fourth-order valence-electron chi connectivity index (χ4n) is 2.60. The Morgan fingerprint density at radius 3 is 2.67 bits per heavy atom. The summed E-state index contributed by atoms with van der Waals surface area (Å²) in [6, 6.07) is 0. The molecular weight excluding hydrogens is 248 g/mol. The van der Waals surface area contributed by atoms with Crippen LogP contribution in [0, 0.1) is 5.92 Å². The average molecular weight is 272 g/mol. The standard InChI is InChI=1S/C13H24N2O2S/c1-11(18-2)14-4-6-15(7-5-14)13(16)9-12-3-8-17-10-12/h11-12H,3-10H2,1-2H3. The zero-order valence-corrected chi connectivity index (χ0v) is 12.2. The first kappa shape index (κ1) is 14.2. The van der Waals surface area contributed by atoms with Gasteiger partial charge in [0.1, 0.15) is 0 Å². The van der Waals surface area contributed by atoms with Gasteiger partial charge in [0.2, 0.25) is 5.91 Å². The van der Waals surface area contributed by atoms with E-state index in [1.54, 1.807) is 0 Å². The molecule has 2 saturated heterocycles. The molecule has 0 N–H and O–H groups in total. The summed E-state index contributed by atoms with van der Waals surface area (Å²) in [4.78, 5) is 16.6. The highest BCUT2D eigenvalue weighted by molar-refractivity contribution is 7.99. The summed E-state index contributed by atoms with van der Waals surface area (Å²) in [6.07, 6.45) is 3.87. The van der Waals surface area contributed by atoms with Crippen LogP contribution >= 0.6 is 11.8 Å². The lowest BCUT2D eigenvalue weighted by Crippen LogP contribution is -2.50. The Kier molecular flexibility index (Phi) is 5.33. The quantitative estimate of drug-likeness (QED) is 0.771. The number of thioether (sulfide) groups is 1. The van der Waals surface area contributed by atoms with E-state index in [2.05, 4.69) is 18.1 Å². The molecule has 0 aliphatic carbocycles. The minimum atomic E-state index is 0.321. The minimum absolute atomic E-state index is 0.321. The topological polar surface area (TPSA) is 32.8 Å². The lowest BCUT2D eigenvalue weighted by Gasteiger charge is -2.37. The molecule has 18 heavy (non-hydrogen) atoms. The van der Waals surface area contributed by atoms with Gasteiger partial charge in [0.25, 0.3) is 0 Å². The number of ether oxygens (including phenoxy) is 1. The maximum atomic E-state index is 12.1. The van der Waals surface area contributed by atoms with Gasteiger partial charge in [-0.2, -0.15) is 0 Å². The van der Waals surface area contributed by atoms with Gasteiger partial charge in [-0.25, -0.2) is 0 Å². The fraction of sp³-hybridized carbons (Fsp3) is 0.923. The molecule has 4 nitrogen and oxygen atoms in total. The Labute approximate surface area is 114 Å². The maximum Gasteiger partial charge on any atom is 0.223 e. The monoisotopic (exact) mass is 272 g/mol. The molecule has 1 amide bonds. The number of amides is 1. The molecule has 2 atom stereocenters. The van der Waals surface area contributed by atoms with E-state index in [0.717, 1.165) is 45.8 Å². The summed E-state index contributed by atoms with van der Waals surface area (Å²) in [5.74, 6) is 0.780. The summed E-state index contributed by atoms with van der Waals surface area (Å²) in [5, 5.41) is 0.561. The van der Waals surface area contributed by atoms with Gasteiger partial charge in [0.15, 0.2) is 0 Å². The van der Waals surface area contributed by atoms with Gasteiger partial charge in [-0.15, -0.1) is 11.8 Å². The van der Waals surface area contributed by atoms with Crippen molar-refractivity contribution in [2.75, 3.05) is 45.6 Å². The van der Waals surface area contributed by atoms with Crippen molar-refractivity contribution >= 4 is 17.7 Å². The lowest BCUT2D eigenvalue weighted by atomic mass is 10.0. The van der Waals surface area contributed by atoms with Gasteiger partial charge in [-0.1, -0.05) is 0 Å². The molecule has 2 heterocycles. The molecule has 2 unspecified atom stereocenters. The Hall–Kier alpha value is -0.260. The van der Waals surface area contributed by atoms with Crippen molar-refractivity contribution in [3.8, 4) is 0 Å². The summed E-state index contributed by atoms with van der Waals surface area (Å²) in [5.41, 5.74) is 0. The van der Waals surface area contributed by atoms with Crippen molar-refractivity contribution in [3.63, 3.8) is 0 Å². The predicted octanol–water partition coefficient (Wildman–Crippen LogP) is 1.27. The Morgan fingerprint density at radius 1 is 1.39 bits per heavy atom. The summed E-state index contributed by atoms with van der Waals surface area (Å²) >= 11 is 1.87. The van der Waals surface area contributed by atoms with Crippen LogP contribution in [0.15, 0.2) is 0 Å². The van der Waals surface area contributed by atoms with Gasteiger partial charge in [-0.05, 0) is 25.5 Å². The fourth-order valence-corrected chi connectivity index (χ4v) is 3.11. The van der Waals surface area contributed by atoms with Crippen LogP contribution in [-0.4, -0.2) is 66.7 Å². The van der Waals surface area contributed by atoms with E-state index < -0.39 is 0 Å². The van der Waals surface area contributed by atoms with Crippen molar-refractivity contribution < 1.29 is 9.53 Å². The van der Waals surface area contributed by atoms with Gasteiger partial charge < -0.3 is 9.64 Å². The van der Waals surface area contributed by atoms with Crippen LogP contribution in [0.4, 0.5) is 0 Å². The van der Waals surface area contributed by atoms with Crippen molar-refractivity contribution in [2.45, 2.75) is 25.1 Å². The molecule has 104 valence electrons. The van der Waals surface area contributed by atoms with Gasteiger partial charge in [0.05, 0.1) is 5.37 Å². The molecule has 5 heteroatoms. The Balaban J connectivity index is 1.73. The maximum absolute atomic E-state index is 12.1. The molecule has 2 aliphatic heterocycles. The van der Waals surface area contributed by atoms with Gasteiger partial charge in [0, 0.05) is 45.8 Å². The second-order valence-corrected chi connectivity index (χ2v) is 6.34. The highest BCUT2D eigenvalue weighted by Gasteiger charge is 2.26. The summed E-state index contributed by atoms with van der Waals surface area (Å²) < 4.78 is 5.33. The molecule has 0 aromatic rings. The molecule has 0 radical (unpaired) electrons. The van der Waals surface area contributed by atoms with Crippen LogP contribution in [0.3, 0.4) is 0 Å². The smallest absolute Gasteiger partial charge is 0.223 e. The Morgan fingerprint density at radius 2 is 2.11 bits per heavy atom. The predicted molar refractivity (Wildman–Crippen MR) is 74.7 cm³/mol. The number of hydrogen-bond donors (Lipinski definition) is 0. The first-order chi connectivity index (χ1) is 8.70. The van der Waals surface area contributed by atoms with E-state index in [1.807, 2.05) is 16.7 Å². The molecule has 2 fully saturated rings. The van der Waals surface area contributed by atoms with E-state index in [-0.39, 0.29) is 0 Å². The average Bonchev–Trinajstić information content (AvgIpc) is 2.91. The van der Waals surface area contributed by atoms with E-state index in [1.165, 1.54) is 0 Å². The van der Waals surface area contributed by atoms with E-state index in [4.69, 9.17) is 4.74 Å². The molecule has 2 rings (SSSR count). The third-order valence-electron chi connectivity index (χ3n) is 4.01. The zero-order valence-electron chi connectivity index (χ0n) is 11.4. The molecular formula is C13H24N2O2S. The number of nitrogens with zero attached hydrogens (tertiary/aromatic N) is 2. The van der Waals surface area contributed by atoms with Crippen molar-refractivity contribution in [3.05, 3.63) is 0 Å². The molecule has 0 spiro atoms. The SMILES string of the molecule is CSC(C)N1CCN(C(=O)CC2CCOC2)CC1. The first-order valence-corrected chi connectivity index (χ1v) is 8.12. The third kappa shape index (κ3) is 3.62. The normalized spacial score (nSPS) is 27.4. The van der Waals surface area contributed by atoms with Crippen LogP contribution in [-0.2, 0) is 9.53 Å². The van der Waals surface area contributed by atoms with Crippen molar-refractivity contribution in [2.24, 2.45) is 5.92 Å². The van der Waals surface area contributed by atoms with Crippen molar-refractivity contribution in [1.82, 2.24) is 9.80 Å². The second kappa shape index (κ2) is 6.78. The summed E-state index contributed by atoms with van der Waals surface area (Å²) in [6.45, 7) is 7.63. The highest BCUT2D eigenvalue weighted by Crippen LogP contribution is 2.19. The zero-order chi connectivity index (χ0) is 13.0. The van der Waals surface area contributed by atoms with Crippen LogP contribution in [0.1, 0.15) is 19.8 Å². The number of carbonyl (C=O) groups excluding carboxylic acids is 1. The molecule has 0 aromatic heterocycles. The molecule has 2 aliphatic rings. The number of carbonyl (C=O) groups is 1. The van der Waals surface area contributed by atoms with E-state index >= 15 is 0 Å².